The highest BCUT2D eigenvalue weighted by atomic mass is 19.4. The van der Waals surface area contributed by atoms with Crippen molar-refractivity contribution in [2.24, 2.45) is 0 Å². The third-order valence-corrected chi connectivity index (χ3v) is 7.48. The lowest BCUT2D eigenvalue weighted by Crippen LogP contribution is -2.56. The van der Waals surface area contributed by atoms with E-state index in [0.717, 1.165) is 23.3 Å². The molecule has 0 radical (unpaired) electrons. The van der Waals surface area contributed by atoms with E-state index >= 15 is 0 Å². The zero-order chi connectivity index (χ0) is 32.0. The number of ether oxygens (including phenoxy) is 2. The van der Waals surface area contributed by atoms with Crippen molar-refractivity contribution in [3.8, 4) is 11.1 Å². The van der Waals surface area contributed by atoms with Crippen molar-refractivity contribution >= 4 is 5.97 Å². The Bertz CT molecular complexity index is 1340. The smallest absolute Gasteiger partial charge is 0.430 e. The van der Waals surface area contributed by atoms with Crippen LogP contribution < -0.4 is 0 Å². The first-order chi connectivity index (χ1) is 20.8. The number of halogens is 6. The van der Waals surface area contributed by atoms with Gasteiger partial charge in [-0.2, -0.15) is 26.3 Å². The summed E-state index contributed by atoms with van der Waals surface area (Å²) >= 11 is 0. The molecule has 0 spiro atoms. The van der Waals surface area contributed by atoms with E-state index in [0.29, 0.717) is 69.2 Å². The highest BCUT2D eigenvalue weighted by Crippen LogP contribution is 2.50. The van der Waals surface area contributed by atoms with Gasteiger partial charge in [-0.15, -0.1) is 0 Å². The first kappa shape index (κ1) is 33.4. The minimum atomic E-state index is -5.95. The first-order valence-corrected chi connectivity index (χ1v) is 14.0. The maximum atomic E-state index is 13.2. The molecule has 0 saturated carbocycles. The van der Waals surface area contributed by atoms with Crippen molar-refractivity contribution in [2.45, 2.75) is 44.0 Å². The van der Waals surface area contributed by atoms with Gasteiger partial charge >= 0.3 is 18.3 Å². The molecular formula is C31H33F6N3O4. The van der Waals surface area contributed by atoms with Gasteiger partial charge in [0.25, 0.3) is 5.60 Å². The van der Waals surface area contributed by atoms with Crippen molar-refractivity contribution < 1.29 is 45.7 Å². The van der Waals surface area contributed by atoms with E-state index < -0.39 is 29.6 Å². The molecule has 1 aliphatic heterocycles. The summed E-state index contributed by atoms with van der Waals surface area (Å²) in [7, 11) is 0. The number of carbonyl (C=O) groups excluding carboxylic acids is 1. The van der Waals surface area contributed by atoms with E-state index in [1.54, 1.807) is 24.5 Å². The number of aromatic nitrogens is 1. The van der Waals surface area contributed by atoms with E-state index in [9.17, 15) is 36.2 Å². The standard InChI is InChI=1S/C31H33F6N3O4/c1-2-43-17-18-44-28(41)27-21-39(15-16-40(27)20-23-11-13-38-14-12-23)19-22-3-5-24(6-4-22)25-7-9-26(10-8-25)29(42,30(32,33)34)31(35,36)37/h3-14,27,42H,2,15-21H2,1H3/t27-/m0/s1. The predicted octanol–water partition coefficient (Wildman–Crippen LogP) is 5.33. The van der Waals surface area contributed by atoms with Gasteiger partial charge in [0.1, 0.15) is 12.6 Å². The summed E-state index contributed by atoms with van der Waals surface area (Å²) in [4.78, 5) is 21.3. The molecule has 1 N–H and O–H groups in total. The average Bonchev–Trinajstić information content (AvgIpc) is 2.99. The predicted molar refractivity (Wildman–Crippen MR) is 149 cm³/mol. The number of alkyl halides is 6. The summed E-state index contributed by atoms with van der Waals surface area (Å²) in [6.07, 6.45) is -8.50. The van der Waals surface area contributed by atoms with Gasteiger partial charge in [-0.3, -0.25) is 19.6 Å². The summed E-state index contributed by atoms with van der Waals surface area (Å²) in [6, 6.07) is 13.8. The maximum absolute atomic E-state index is 13.2. The number of benzene rings is 2. The molecule has 1 aromatic heterocycles. The van der Waals surface area contributed by atoms with Crippen LogP contribution in [0.3, 0.4) is 0 Å². The van der Waals surface area contributed by atoms with Crippen molar-refractivity contribution in [2.75, 3.05) is 39.5 Å². The topological polar surface area (TPSA) is 75.1 Å². The summed E-state index contributed by atoms with van der Waals surface area (Å²) < 4.78 is 90.0. The van der Waals surface area contributed by atoms with Crippen LogP contribution in [0.5, 0.6) is 0 Å². The second-order valence-corrected chi connectivity index (χ2v) is 10.4. The van der Waals surface area contributed by atoms with Crippen LogP contribution in [0.4, 0.5) is 26.3 Å². The van der Waals surface area contributed by atoms with Crippen LogP contribution in [-0.2, 0) is 33.0 Å². The summed E-state index contributed by atoms with van der Waals surface area (Å²) in [5, 5.41) is 9.62. The van der Waals surface area contributed by atoms with Gasteiger partial charge in [0.05, 0.1) is 6.61 Å². The van der Waals surface area contributed by atoms with Crippen LogP contribution in [0.15, 0.2) is 73.1 Å². The molecule has 13 heteroatoms. The zero-order valence-corrected chi connectivity index (χ0v) is 23.9. The molecule has 1 atom stereocenters. The van der Waals surface area contributed by atoms with E-state index in [1.165, 1.54) is 0 Å². The second kappa shape index (κ2) is 14.1. The van der Waals surface area contributed by atoms with Crippen LogP contribution in [0.1, 0.15) is 23.6 Å². The van der Waals surface area contributed by atoms with Crippen LogP contribution in [0, 0.1) is 0 Å². The molecule has 1 aliphatic rings. The highest BCUT2D eigenvalue weighted by molar-refractivity contribution is 5.76. The number of esters is 1. The Balaban J connectivity index is 1.43. The zero-order valence-electron chi connectivity index (χ0n) is 23.9. The Morgan fingerprint density at radius 3 is 1.98 bits per heavy atom. The maximum Gasteiger partial charge on any atom is 0.430 e. The number of nitrogens with zero attached hydrogens (tertiary/aromatic N) is 3. The van der Waals surface area contributed by atoms with Crippen molar-refractivity contribution in [3.05, 3.63) is 89.7 Å². The summed E-state index contributed by atoms with van der Waals surface area (Å²) in [5.74, 6) is -0.342. The highest BCUT2D eigenvalue weighted by Gasteiger charge is 2.71. The molecule has 44 heavy (non-hydrogen) atoms. The Labute approximate surface area is 251 Å². The molecular weight excluding hydrogens is 592 g/mol. The number of aliphatic hydroxyl groups is 1. The first-order valence-electron chi connectivity index (χ1n) is 14.0. The summed E-state index contributed by atoms with van der Waals surface area (Å²) in [6.45, 7) is 5.61. The van der Waals surface area contributed by atoms with Gasteiger partial charge in [-0.25, -0.2) is 0 Å². The second-order valence-electron chi connectivity index (χ2n) is 10.4. The monoisotopic (exact) mass is 625 g/mol. The molecule has 0 bridgehead atoms. The van der Waals surface area contributed by atoms with Crippen molar-refractivity contribution in [1.29, 1.82) is 0 Å². The van der Waals surface area contributed by atoms with E-state index in [1.807, 2.05) is 31.2 Å². The van der Waals surface area contributed by atoms with Gasteiger partial charge < -0.3 is 14.6 Å². The van der Waals surface area contributed by atoms with Gasteiger partial charge in [0.2, 0.25) is 0 Å². The fourth-order valence-electron chi connectivity index (χ4n) is 5.05. The van der Waals surface area contributed by atoms with Crippen LogP contribution in [0.2, 0.25) is 0 Å². The third kappa shape index (κ3) is 7.76. The molecule has 2 aromatic carbocycles. The van der Waals surface area contributed by atoms with Crippen molar-refractivity contribution in [1.82, 2.24) is 14.8 Å². The quantitative estimate of drug-likeness (QED) is 0.176. The number of hydrogen-bond acceptors (Lipinski definition) is 7. The van der Waals surface area contributed by atoms with Gasteiger partial charge in [-0.1, -0.05) is 48.5 Å². The molecule has 3 aromatic rings. The molecule has 0 aliphatic carbocycles. The summed E-state index contributed by atoms with van der Waals surface area (Å²) in [5.41, 5.74) is -3.41. The fourth-order valence-corrected chi connectivity index (χ4v) is 5.05. The minimum absolute atomic E-state index is 0.153. The lowest BCUT2D eigenvalue weighted by molar-refractivity contribution is -0.376. The number of carbonyl (C=O) groups is 1. The SMILES string of the molecule is CCOCCOC(=O)[C@@H]1CN(Cc2ccc(-c3ccc(C(O)(C(F)(F)F)C(F)(F)F)cc3)cc2)CCN1Cc1ccncc1. The van der Waals surface area contributed by atoms with Crippen LogP contribution in [0.25, 0.3) is 11.1 Å². The molecule has 1 fully saturated rings. The number of rotatable bonds is 11. The van der Waals surface area contributed by atoms with Gasteiger partial charge in [-0.05, 0) is 41.3 Å². The van der Waals surface area contributed by atoms with Crippen LogP contribution in [-0.4, -0.2) is 83.7 Å². The van der Waals surface area contributed by atoms with E-state index in [4.69, 9.17) is 9.47 Å². The molecule has 0 amide bonds. The third-order valence-electron chi connectivity index (χ3n) is 7.48. The number of hydrogen-bond donors (Lipinski definition) is 1. The van der Waals surface area contributed by atoms with E-state index in [-0.39, 0.29) is 12.6 Å². The Morgan fingerprint density at radius 1 is 0.841 bits per heavy atom. The molecule has 4 rings (SSSR count). The number of piperazine rings is 1. The molecule has 7 nitrogen and oxygen atoms in total. The Hall–Kier alpha value is -3.52. The number of pyridine rings is 1. The lowest BCUT2D eigenvalue weighted by Gasteiger charge is -2.40. The van der Waals surface area contributed by atoms with Crippen molar-refractivity contribution in [3.63, 3.8) is 0 Å². The normalized spacial score (nSPS) is 17.0. The minimum Gasteiger partial charge on any atom is -0.462 e. The fraction of sp³-hybridized carbons (Fsp3) is 0.419. The van der Waals surface area contributed by atoms with Gasteiger partial charge in [0.15, 0.2) is 0 Å². The Morgan fingerprint density at radius 2 is 1.41 bits per heavy atom. The molecule has 0 unspecified atom stereocenters. The largest absolute Gasteiger partial charge is 0.462 e. The Kier molecular flexibility index (Phi) is 10.7. The van der Waals surface area contributed by atoms with Crippen LogP contribution >= 0.6 is 0 Å². The molecule has 1 saturated heterocycles. The van der Waals surface area contributed by atoms with E-state index in [2.05, 4.69) is 14.8 Å². The average molecular weight is 626 g/mol. The van der Waals surface area contributed by atoms with Gasteiger partial charge in [0, 0.05) is 57.3 Å². The lowest BCUT2D eigenvalue weighted by atomic mass is 9.90. The molecule has 2 heterocycles. The molecule has 238 valence electrons.